The van der Waals surface area contributed by atoms with Crippen molar-refractivity contribution in [2.75, 3.05) is 18.4 Å². The monoisotopic (exact) mass is 399 g/mol. The van der Waals surface area contributed by atoms with Crippen molar-refractivity contribution in [3.8, 4) is 0 Å². The maximum Gasteiger partial charge on any atom is 0.253 e. The summed E-state index contributed by atoms with van der Waals surface area (Å²) in [5.74, 6) is 0.988. The first kappa shape index (κ1) is 18.6. The van der Waals surface area contributed by atoms with Gasteiger partial charge in [-0.1, -0.05) is 6.07 Å². The number of carbonyl (C=O) groups excluding carboxylic acids is 1. The Hall–Kier alpha value is -3.41. The smallest absolute Gasteiger partial charge is 0.253 e. The summed E-state index contributed by atoms with van der Waals surface area (Å²) in [6.07, 6.45) is 3.96. The van der Waals surface area contributed by atoms with Gasteiger partial charge < -0.3 is 15.2 Å². The first-order valence-electron chi connectivity index (χ1n) is 10.5. The Balaban J connectivity index is 1.42. The van der Waals surface area contributed by atoms with Crippen LogP contribution in [-0.4, -0.2) is 38.8 Å². The Morgan fingerprint density at radius 3 is 2.77 bits per heavy atom. The number of H-pyrrole nitrogens is 1. The van der Waals surface area contributed by atoms with Gasteiger partial charge in [-0.05, 0) is 68.7 Å². The van der Waals surface area contributed by atoms with Crippen molar-refractivity contribution in [2.45, 2.75) is 32.7 Å². The standard InChI is InChI=1S/C24H25N5O/c1-15-5-8-20-22(13-15)28-23(27-20)16(2)26-19-9-10-25-21-14-17(6-7-18(19)21)24(30)29-11-3-4-12-29/h5-10,13-14,16H,3-4,11-12H2,1-2H3,(H,25,26)(H,27,28). The first-order chi connectivity index (χ1) is 14.6. The first-order valence-corrected chi connectivity index (χ1v) is 10.5. The van der Waals surface area contributed by atoms with Gasteiger partial charge in [-0.25, -0.2) is 4.98 Å². The molecule has 1 atom stereocenters. The second-order valence-electron chi connectivity index (χ2n) is 8.10. The van der Waals surface area contributed by atoms with Crippen LogP contribution in [0.1, 0.15) is 47.6 Å². The zero-order chi connectivity index (χ0) is 20.7. The second-order valence-corrected chi connectivity index (χ2v) is 8.10. The van der Waals surface area contributed by atoms with Crippen molar-refractivity contribution in [3.63, 3.8) is 0 Å². The number of rotatable bonds is 4. The molecule has 6 nitrogen and oxygen atoms in total. The van der Waals surface area contributed by atoms with Gasteiger partial charge in [0.25, 0.3) is 5.91 Å². The van der Waals surface area contributed by atoms with Gasteiger partial charge in [-0.3, -0.25) is 9.78 Å². The Morgan fingerprint density at radius 1 is 1.10 bits per heavy atom. The van der Waals surface area contributed by atoms with E-state index in [-0.39, 0.29) is 11.9 Å². The van der Waals surface area contributed by atoms with Gasteiger partial charge in [0, 0.05) is 35.9 Å². The molecule has 0 radical (unpaired) electrons. The van der Waals surface area contributed by atoms with Crippen LogP contribution in [0.3, 0.4) is 0 Å². The minimum atomic E-state index is -0.00536. The summed E-state index contributed by atoms with van der Waals surface area (Å²) in [5.41, 5.74) is 5.71. The van der Waals surface area contributed by atoms with E-state index in [2.05, 4.69) is 41.3 Å². The molecule has 1 aliphatic rings. The van der Waals surface area contributed by atoms with Crippen LogP contribution in [0.5, 0.6) is 0 Å². The van der Waals surface area contributed by atoms with E-state index in [9.17, 15) is 4.79 Å². The molecular formula is C24H25N5O. The molecule has 6 heteroatoms. The van der Waals surface area contributed by atoms with Crippen LogP contribution >= 0.6 is 0 Å². The number of benzene rings is 2. The maximum atomic E-state index is 12.7. The molecule has 1 saturated heterocycles. The third-order valence-electron chi connectivity index (χ3n) is 5.82. The summed E-state index contributed by atoms with van der Waals surface area (Å²) >= 11 is 0. The molecule has 1 unspecified atom stereocenters. The number of hydrogen-bond donors (Lipinski definition) is 2. The quantitative estimate of drug-likeness (QED) is 0.516. The van der Waals surface area contributed by atoms with Gasteiger partial charge in [0.2, 0.25) is 0 Å². The molecular weight excluding hydrogens is 374 g/mol. The minimum Gasteiger partial charge on any atom is -0.375 e. The predicted octanol–water partition coefficient (Wildman–Crippen LogP) is 4.83. The zero-order valence-corrected chi connectivity index (χ0v) is 17.3. The lowest BCUT2D eigenvalue weighted by Crippen LogP contribution is -2.27. The third-order valence-corrected chi connectivity index (χ3v) is 5.82. The van der Waals surface area contributed by atoms with Crippen LogP contribution in [0, 0.1) is 6.92 Å². The maximum absolute atomic E-state index is 12.7. The van der Waals surface area contributed by atoms with Gasteiger partial charge in [0.1, 0.15) is 5.82 Å². The van der Waals surface area contributed by atoms with E-state index in [1.54, 1.807) is 6.20 Å². The van der Waals surface area contributed by atoms with Crippen molar-refractivity contribution in [1.82, 2.24) is 19.9 Å². The highest BCUT2D eigenvalue weighted by Gasteiger charge is 2.20. The highest BCUT2D eigenvalue weighted by atomic mass is 16.2. The van der Waals surface area contributed by atoms with E-state index in [0.717, 1.165) is 59.4 Å². The number of anilines is 1. The molecule has 3 heterocycles. The Morgan fingerprint density at radius 2 is 1.93 bits per heavy atom. The van der Waals surface area contributed by atoms with Crippen LogP contribution in [0.15, 0.2) is 48.7 Å². The summed E-state index contributed by atoms with van der Waals surface area (Å²) in [4.78, 5) is 27.3. The van der Waals surface area contributed by atoms with E-state index < -0.39 is 0 Å². The number of fused-ring (bicyclic) bond motifs is 2. The largest absolute Gasteiger partial charge is 0.375 e. The second kappa shape index (κ2) is 7.44. The van der Waals surface area contributed by atoms with Gasteiger partial charge in [-0.2, -0.15) is 0 Å². The zero-order valence-electron chi connectivity index (χ0n) is 17.3. The molecule has 1 amide bonds. The SMILES string of the molecule is Cc1ccc2nc(C(C)Nc3ccnc4cc(C(=O)N5CCCC5)ccc34)[nH]c2c1. The Labute approximate surface area is 175 Å². The van der Waals surface area contributed by atoms with Crippen molar-refractivity contribution in [1.29, 1.82) is 0 Å². The van der Waals surface area contributed by atoms with Crippen LogP contribution in [0.4, 0.5) is 5.69 Å². The molecule has 0 aliphatic carbocycles. The third kappa shape index (κ3) is 3.38. The highest BCUT2D eigenvalue weighted by Crippen LogP contribution is 2.27. The molecule has 5 rings (SSSR count). The number of imidazole rings is 1. The van der Waals surface area contributed by atoms with Crippen LogP contribution in [0.2, 0.25) is 0 Å². The van der Waals surface area contributed by atoms with Gasteiger partial charge in [0.05, 0.1) is 22.6 Å². The topological polar surface area (TPSA) is 73.9 Å². The van der Waals surface area contributed by atoms with Crippen LogP contribution in [0.25, 0.3) is 21.9 Å². The molecule has 0 spiro atoms. The van der Waals surface area contributed by atoms with Crippen LogP contribution < -0.4 is 5.32 Å². The lowest BCUT2D eigenvalue weighted by molar-refractivity contribution is 0.0793. The van der Waals surface area contributed by atoms with E-state index in [0.29, 0.717) is 5.56 Å². The molecule has 30 heavy (non-hydrogen) atoms. The number of nitrogens with zero attached hydrogens (tertiary/aromatic N) is 3. The number of aryl methyl sites for hydroxylation is 1. The van der Waals surface area contributed by atoms with Crippen molar-refractivity contribution >= 4 is 33.5 Å². The van der Waals surface area contributed by atoms with Gasteiger partial charge in [-0.15, -0.1) is 0 Å². The Kier molecular flexibility index (Phi) is 4.62. The summed E-state index contributed by atoms with van der Waals surface area (Å²) in [5, 5.41) is 4.55. The average molecular weight is 399 g/mol. The predicted molar refractivity (Wildman–Crippen MR) is 120 cm³/mol. The number of amides is 1. The molecule has 1 aliphatic heterocycles. The number of pyridine rings is 1. The summed E-state index contributed by atoms with van der Waals surface area (Å²) in [7, 11) is 0. The molecule has 2 aromatic heterocycles. The van der Waals surface area contributed by atoms with E-state index in [4.69, 9.17) is 4.98 Å². The number of hydrogen-bond acceptors (Lipinski definition) is 4. The molecule has 1 fully saturated rings. The molecule has 2 aromatic carbocycles. The number of carbonyl (C=O) groups is 1. The lowest BCUT2D eigenvalue weighted by atomic mass is 10.1. The fraction of sp³-hybridized carbons (Fsp3) is 0.292. The summed E-state index contributed by atoms with van der Waals surface area (Å²) in [6, 6.07) is 14.0. The van der Waals surface area contributed by atoms with Crippen molar-refractivity contribution < 1.29 is 4.79 Å². The normalized spacial score (nSPS) is 15.1. The number of aromatic nitrogens is 3. The molecule has 152 valence electrons. The van der Waals surface area contributed by atoms with E-state index in [1.165, 1.54) is 5.56 Å². The van der Waals surface area contributed by atoms with E-state index in [1.807, 2.05) is 35.2 Å². The lowest BCUT2D eigenvalue weighted by Gasteiger charge is -2.17. The highest BCUT2D eigenvalue weighted by molar-refractivity contribution is 6.00. The molecule has 2 N–H and O–H groups in total. The fourth-order valence-electron chi connectivity index (χ4n) is 4.16. The van der Waals surface area contributed by atoms with Gasteiger partial charge in [0.15, 0.2) is 0 Å². The van der Waals surface area contributed by atoms with E-state index >= 15 is 0 Å². The average Bonchev–Trinajstić information content (AvgIpc) is 3.43. The molecule has 4 aromatic rings. The molecule has 0 bridgehead atoms. The van der Waals surface area contributed by atoms with Gasteiger partial charge >= 0.3 is 0 Å². The molecule has 0 saturated carbocycles. The number of likely N-dealkylation sites (tertiary alicyclic amines) is 1. The summed E-state index contributed by atoms with van der Waals surface area (Å²) in [6.45, 7) is 5.86. The number of aromatic amines is 1. The van der Waals surface area contributed by atoms with Crippen molar-refractivity contribution in [2.24, 2.45) is 0 Å². The summed E-state index contributed by atoms with van der Waals surface area (Å²) < 4.78 is 0. The minimum absolute atomic E-state index is 0.00536. The van der Waals surface area contributed by atoms with Crippen LogP contribution in [-0.2, 0) is 0 Å². The fourth-order valence-corrected chi connectivity index (χ4v) is 4.16. The van der Waals surface area contributed by atoms with Crippen molar-refractivity contribution in [3.05, 3.63) is 65.6 Å². The Bertz CT molecular complexity index is 1240. The number of nitrogens with one attached hydrogen (secondary N) is 2.